The minimum atomic E-state index is -0.143. The minimum Gasteiger partial charge on any atom is -0.445 e. The Morgan fingerprint density at radius 1 is 0.694 bits per heavy atom. The molecule has 0 atom stereocenters. The molecule has 6 rings (SSSR count). The van der Waals surface area contributed by atoms with Gasteiger partial charge in [-0.1, -0.05) is 68.9 Å². The Labute approximate surface area is 217 Å². The highest BCUT2D eigenvalue weighted by Gasteiger charge is 2.35. The molecular formula is C33H43NO2. The zero-order valence-electron chi connectivity index (χ0n) is 22.0. The summed E-state index contributed by atoms with van der Waals surface area (Å²) in [5.41, 5.74) is 11.2. The van der Waals surface area contributed by atoms with E-state index in [4.69, 9.17) is 4.74 Å². The summed E-state index contributed by atoms with van der Waals surface area (Å²) in [5.74, 6) is 1.44. The third-order valence-corrected chi connectivity index (χ3v) is 9.60. The summed E-state index contributed by atoms with van der Waals surface area (Å²) >= 11 is 0. The van der Waals surface area contributed by atoms with Gasteiger partial charge < -0.3 is 9.64 Å². The fourth-order valence-corrected chi connectivity index (χ4v) is 7.91. The third-order valence-electron chi connectivity index (χ3n) is 9.60. The lowest BCUT2D eigenvalue weighted by Gasteiger charge is -2.40. The lowest BCUT2D eigenvalue weighted by atomic mass is 9.68. The van der Waals surface area contributed by atoms with E-state index in [1.165, 1.54) is 89.9 Å². The summed E-state index contributed by atoms with van der Waals surface area (Å²) in [6.07, 6.45) is 19.8. The van der Waals surface area contributed by atoms with Gasteiger partial charge in [-0.15, -0.1) is 0 Å². The van der Waals surface area contributed by atoms with Gasteiger partial charge in [0.15, 0.2) is 0 Å². The summed E-state index contributed by atoms with van der Waals surface area (Å²) < 4.78 is 5.81. The predicted octanol–water partition coefficient (Wildman–Crippen LogP) is 8.36. The van der Waals surface area contributed by atoms with Crippen molar-refractivity contribution in [3.63, 3.8) is 0 Å². The second kappa shape index (κ2) is 11.0. The number of fused-ring (bicyclic) bond motifs is 2. The summed E-state index contributed by atoms with van der Waals surface area (Å²) in [7, 11) is 0. The van der Waals surface area contributed by atoms with Crippen molar-refractivity contribution in [2.24, 2.45) is 0 Å². The van der Waals surface area contributed by atoms with Crippen LogP contribution in [0.15, 0.2) is 30.3 Å². The van der Waals surface area contributed by atoms with Crippen LogP contribution < -0.4 is 0 Å². The molecule has 192 valence electrons. The molecule has 36 heavy (non-hydrogen) atoms. The second-order valence-electron chi connectivity index (χ2n) is 11.8. The molecule has 2 aromatic carbocycles. The molecule has 0 spiro atoms. The topological polar surface area (TPSA) is 29.5 Å². The minimum absolute atomic E-state index is 0.143. The van der Waals surface area contributed by atoms with Gasteiger partial charge in [0.05, 0.1) is 0 Å². The van der Waals surface area contributed by atoms with Gasteiger partial charge in [0.1, 0.15) is 6.61 Å². The van der Waals surface area contributed by atoms with Gasteiger partial charge in [0.25, 0.3) is 0 Å². The molecule has 2 fully saturated rings. The summed E-state index contributed by atoms with van der Waals surface area (Å²) in [6, 6.07) is 10.1. The van der Waals surface area contributed by atoms with Crippen LogP contribution in [0.4, 0.5) is 4.79 Å². The Balaban J connectivity index is 1.36. The van der Waals surface area contributed by atoms with Gasteiger partial charge in [-0.2, -0.15) is 0 Å². The number of benzene rings is 2. The number of amides is 1. The van der Waals surface area contributed by atoms with E-state index in [0.29, 0.717) is 12.5 Å². The molecule has 1 aliphatic heterocycles. The molecule has 1 amide bonds. The predicted molar refractivity (Wildman–Crippen MR) is 145 cm³/mol. The van der Waals surface area contributed by atoms with E-state index in [-0.39, 0.29) is 6.09 Å². The Morgan fingerprint density at radius 2 is 1.25 bits per heavy atom. The van der Waals surface area contributed by atoms with Gasteiger partial charge >= 0.3 is 6.09 Å². The van der Waals surface area contributed by atoms with Crippen LogP contribution in [0.2, 0.25) is 0 Å². The highest BCUT2D eigenvalue weighted by atomic mass is 16.6. The highest BCUT2D eigenvalue weighted by molar-refractivity contribution is 5.69. The van der Waals surface area contributed by atoms with Crippen molar-refractivity contribution in [2.75, 3.05) is 6.54 Å². The van der Waals surface area contributed by atoms with Gasteiger partial charge in [0, 0.05) is 13.1 Å². The molecule has 4 aliphatic rings. The fraction of sp³-hybridized carbons (Fsp3) is 0.606. The Kier molecular flexibility index (Phi) is 7.35. The first-order valence-corrected chi connectivity index (χ1v) is 14.9. The summed E-state index contributed by atoms with van der Waals surface area (Å²) in [5, 5.41) is 0. The fourth-order valence-electron chi connectivity index (χ4n) is 7.91. The number of hydrogen-bond acceptors (Lipinski definition) is 2. The highest BCUT2D eigenvalue weighted by Crippen LogP contribution is 2.48. The largest absolute Gasteiger partial charge is 0.445 e. The average Bonchev–Trinajstić information content (AvgIpc) is 2.95. The van der Waals surface area contributed by atoms with Gasteiger partial charge in [0.2, 0.25) is 0 Å². The maximum absolute atomic E-state index is 13.2. The molecule has 2 aromatic rings. The van der Waals surface area contributed by atoms with Crippen LogP contribution in [0.5, 0.6) is 0 Å². The molecule has 0 bridgehead atoms. The molecule has 1 heterocycles. The monoisotopic (exact) mass is 485 g/mol. The molecule has 0 aromatic heterocycles. The molecule has 3 heteroatoms. The standard InChI is InChI=1S/C33H43NO2/c35-33(36-23-24-12-4-1-5-13-24)34-21-20-29-30(22-34)32(26-16-8-3-9-17-26)28-19-11-10-18-27(28)31(29)25-14-6-2-7-15-25/h1,4-5,12-13,25-26H,2-3,6-11,14-23H2. The van der Waals surface area contributed by atoms with E-state index < -0.39 is 0 Å². The smallest absolute Gasteiger partial charge is 0.410 e. The van der Waals surface area contributed by atoms with Gasteiger partial charge in [-0.05, 0) is 109 Å². The zero-order valence-corrected chi connectivity index (χ0v) is 22.0. The van der Waals surface area contributed by atoms with Crippen molar-refractivity contribution in [3.8, 4) is 0 Å². The maximum atomic E-state index is 13.2. The van der Waals surface area contributed by atoms with Crippen LogP contribution in [0.3, 0.4) is 0 Å². The zero-order chi connectivity index (χ0) is 24.3. The first-order chi connectivity index (χ1) is 17.8. The van der Waals surface area contributed by atoms with E-state index in [2.05, 4.69) is 0 Å². The second-order valence-corrected chi connectivity index (χ2v) is 11.8. The Hall–Kier alpha value is -2.29. The van der Waals surface area contributed by atoms with Crippen molar-refractivity contribution >= 4 is 6.09 Å². The molecular weight excluding hydrogens is 442 g/mol. The van der Waals surface area contributed by atoms with E-state index in [1.54, 1.807) is 33.4 Å². The van der Waals surface area contributed by atoms with Crippen molar-refractivity contribution in [2.45, 2.75) is 121 Å². The van der Waals surface area contributed by atoms with E-state index >= 15 is 0 Å². The summed E-state index contributed by atoms with van der Waals surface area (Å²) in [4.78, 5) is 15.3. The molecule has 0 radical (unpaired) electrons. The molecule has 3 aliphatic carbocycles. The molecule has 3 nitrogen and oxygen atoms in total. The van der Waals surface area contributed by atoms with Crippen molar-refractivity contribution in [3.05, 3.63) is 69.3 Å². The molecule has 0 N–H and O–H groups in total. The van der Waals surface area contributed by atoms with Crippen molar-refractivity contribution < 1.29 is 9.53 Å². The Bertz CT molecular complexity index is 1060. The third kappa shape index (κ3) is 4.83. The summed E-state index contributed by atoms with van der Waals surface area (Å²) in [6.45, 7) is 1.90. The quantitative estimate of drug-likeness (QED) is 0.435. The van der Waals surface area contributed by atoms with Crippen LogP contribution in [-0.2, 0) is 37.2 Å². The average molecular weight is 486 g/mol. The first kappa shape index (κ1) is 24.1. The lowest BCUT2D eigenvalue weighted by molar-refractivity contribution is 0.0915. The SMILES string of the molecule is O=C(OCc1ccccc1)N1CCc2c(c(C3CCCCC3)c3c(c2C2CCCCC2)CCCC3)C1. The van der Waals surface area contributed by atoms with Crippen LogP contribution in [0.1, 0.15) is 128 Å². The number of carbonyl (C=O) groups excluding carboxylic acids is 1. The normalized spacial score (nSPS) is 21.1. The van der Waals surface area contributed by atoms with Crippen LogP contribution in [0, 0.1) is 0 Å². The van der Waals surface area contributed by atoms with Gasteiger partial charge in [-0.3, -0.25) is 0 Å². The number of carbonyl (C=O) groups is 1. The number of nitrogens with zero attached hydrogens (tertiary/aromatic N) is 1. The van der Waals surface area contributed by atoms with Crippen molar-refractivity contribution in [1.82, 2.24) is 4.90 Å². The van der Waals surface area contributed by atoms with E-state index in [9.17, 15) is 4.79 Å². The lowest BCUT2D eigenvalue weighted by Crippen LogP contribution is -2.38. The number of ether oxygens (including phenoxy) is 1. The maximum Gasteiger partial charge on any atom is 0.410 e. The first-order valence-electron chi connectivity index (χ1n) is 14.9. The van der Waals surface area contributed by atoms with Crippen molar-refractivity contribution in [1.29, 1.82) is 0 Å². The van der Waals surface area contributed by atoms with Gasteiger partial charge in [-0.25, -0.2) is 4.79 Å². The molecule has 0 unspecified atom stereocenters. The molecule has 0 saturated heterocycles. The van der Waals surface area contributed by atoms with E-state index in [0.717, 1.165) is 31.0 Å². The van der Waals surface area contributed by atoms with Crippen LogP contribution >= 0.6 is 0 Å². The number of hydrogen-bond donors (Lipinski definition) is 0. The number of rotatable bonds is 4. The van der Waals surface area contributed by atoms with E-state index in [1.807, 2.05) is 35.2 Å². The van der Waals surface area contributed by atoms with Crippen LogP contribution in [-0.4, -0.2) is 17.5 Å². The van der Waals surface area contributed by atoms with Crippen LogP contribution in [0.25, 0.3) is 0 Å². The Morgan fingerprint density at radius 3 is 1.86 bits per heavy atom. The molecule has 2 saturated carbocycles.